The quantitative estimate of drug-likeness (QED) is 0.742. The Morgan fingerprint density at radius 2 is 1.93 bits per heavy atom. The van der Waals surface area contributed by atoms with Crippen molar-refractivity contribution in [1.29, 1.82) is 0 Å². The minimum Gasteiger partial charge on any atom is -0.474 e. The first-order valence-electron chi connectivity index (χ1n) is 10.9. The predicted octanol–water partition coefficient (Wildman–Crippen LogP) is 2.37. The molecule has 2 aliphatic heterocycles. The Hall–Kier alpha value is -2.48. The first kappa shape index (κ1) is 20.8. The van der Waals surface area contributed by atoms with Gasteiger partial charge >= 0.3 is 0 Å². The van der Waals surface area contributed by atoms with E-state index in [1.165, 1.54) is 0 Å². The zero-order valence-corrected chi connectivity index (χ0v) is 18.1. The van der Waals surface area contributed by atoms with Crippen LogP contribution in [0.25, 0.3) is 0 Å². The molecule has 4 heterocycles. The number of carbonyl (C=O) groups is 1. The molecule has 162 valence electrons. The molecule has 30 heavy (non-hydrogen) atoms. The Kier molecular flexibility index (Phi) is 6.32. The molecule has 0 radical (unpaired) electrons. The topological polar surface area (TPSA) is 90.6 Å². The molecule has 4 rings (SSSR count). The van der Waals surface area contributed by atoms with Gasteiger partial charge in [0.05, 0.1) is 31.0 Å². The number of aryl methyl sites for hydroxylation is 3. The van der Waals surface area contributed by atoms with E-state index in [4.69, 9.17) is 19.0 Å². The van der Waals surface area contributed by atoms with Crippen molar-refractivity contribution in [3.8, 4) is 5.88 Å². The Morgan fingerprint density at radius 1 is 1.17 bits per heavy atom. The van der Waals surface area contributed by atoms with Crippen LogP contribution in [0.1, 0.15) is 53.9 Å². The molecule has 8 heteroatoms. The summed E-state index contributed by atoms with van der Waals surface area (Å²) in [6.45, 7) is 8.52. The molecule has 0 aromatic carbocycles. The molecule has 2 aliphatic rings. The number of fused-ring (bicyclic) bond motifs is 1. The first-order valence-corrected chi connectivity index (χ1v) is 10.9. The lowest BCUT2D eigenvalue weighted by Crippen LogP contribution is -2.42. The highest BCUT2D eigenvalue weighted by atomic mass is 16.5. The van der Waals surface area contributed by atoms with E-state index < -0.39 is 0 Å². The SMILES string of the molecule is CCc1nc2c(c(OC3CCN(C(=O)Cc4c(C)noc4C)CC3)n1)CCOCC2. The van der Waals surface area contributed by atoms with Crippen LogP contribution in [-0.4, -0.2) is 58.3 Å². The summed E-state index contributed by atoms with van der Waals surface area (Å²) in [5.41, 5.74) is 3.83. The number of likely N-dealkylation sites (tertiary alicyclic amines) is 1. The van der Waals surface area contributed by atoms with Crippen molar-refractivity contribution >= 4 is 5.91 Å². The predicted molar refractivity (Wildman–Crippen MR) is 110 cm³/mol. The number of piperidine rings is 1. The molecule has 0 atom stereocenters. The van der Waals surface area contributed by atoms with Crippen molar-refractivity contribution in [2.24, 2.45) is 0 Å². The van der Waals surface area contributed by atoms with Crippen LogP contribution >= 0.6 is 0 Å². The number of amides is 1. The lowest BCUT2D eigenvalue weighted by atomic mass is 10.0. The average Bonchev–Trinajstić information content (AvgIpc) is 2.95. The minimum absolute atomic E-state index is 0.0565. The van der Waals surface area contributed by atoms with Gasteiger partial charge in [-0.25, -0.2) is 4.98 Å². The van der Waals surface area contributed by atoms with Crippen molar-refractivity contribution in [2.75, 3.05) is 26.3 Å². The second-order valence-electron chi connectivity index (χ2n) is 8.01. The second-order valence-corrected chi connectivity index (χ2v) is 8.01. The van der Waals surface area contributed by atoms with Crippen LogP contribution in [0.2, 0.25) is 0 Å². The molecule has 2 aromatic rings. The van der Waals surface area contributed by atoms with E-state index in [1.54, 1.807) is 0 Å². The number of nitrogens with zero attached hydrogens (tertiary/aromatic N) is 4. The molecule has 8 nitrogen and oxygen atoms in total. The van der Waals surface area contributed by atoms with Gasteiger partial charge in [-0.15, -0.1) is 0 Å². The normalized spacial score (nSPS) is 17.5. The van der Waals surface area contributed by atoms with Crippen LogP contribution in [0.5, 0.6) is 5.88 Å². The smallest absolute Gasteiger partial charge is 0.227 e. The molecule has 0 saturated carbocycles. The number of carbonyl (C=O) groups excluding carboxylic acids is 1. The zero-order valence-electron chi connectivity index (χ0n) is 18.1. The highest BCUT2D eigenvalue weighted by Crippen LogP contribution is 2.26. The van der Waals surface area contributed by atoms with E-state index in [-0.39, 0.29) is 12.0 Å². The summed E-state index contributed by atoms with van der Waals surface area (Å²) in [6, 6.07) is 0. The number of ether oxygens (including phenoxy) is 2. The van der Waals surface area contributed by atoms with Gasteiger partial charge in [0.2, 0.25) is 11.8 Å². The molecule has 0 bridgehead atoms. The summed E-state index contributed by atoms with van der Waals surface area (Å²) >= 11 is 0. The summed E-state index contributed by atoms with van der Waals surface area (Å²) in [4.78, 5) is 24.0. The monoisotopic (exact) mass is 414 g/mol. The molecule has 0 spiro atoms. The molecule has 1 fully saturated rings. The van der Waals surface area contributed by atoms with Gasteiger partial charge in [-0.1, -0.05) is 12.1 Å². The van der Waals surface area contributed by atoms with Crippen molar-refractivity contribution in [1.82, 2.24) is 20.0 Å². The summed E-state index contributed by atoms with van der Waals surface area (Å²) in [7, 11) is 0. The van der Waals surface area contributed by atoms with E-state index in [0.717, 1.165) is 66.2 Å². The van der Waals surface area contributed by atoms with Gasteiger partial charge in [-0.2, -0.15) is 4.98 Å². The summed E-state index contributed by atoms with van der Waals surface area (Å²) in [6.07, 6.45) is 4.35. The van der Waals surface area contributed by atoms with E-state index in [0.29, 0.717) is 38.6 Å². The highest BCUT2D eigenvalue weighted by Gasteiger charge is 2.27. The second kappa shape index (κ2) is 9.12. The molecule has 0 aliphatic carbocycles. The fraction of sp³-hybridized carbons (Fsp3) is 0.636. The number of rotatable bonds is 5. The maximum Gasteiger partial charge on any atom is 0.227 e. The molecule has 1 saturated heterocycles. The van der Waals surface area contributed by atoms with Crippen molar-refractivity contribution in [3.63, 3.8) is 0 Å². The van der Waals surface area contributed by atoms with Crippen molar-refractivity contribution in [3.05, 3.63) is 34.1 Å². The van der Waals surface area contributed by atoms with E-state index in [2.05, 4.69) is 17.1 Å². The Balaban J connectivity index is 1.39. The van der Waals surface area contributed by atoms with Gasteiger partial charge in [0.15, 0.2) is 0 Å². The Bertz CT molecular complexity index is 883. The number of aromatic nitrogens is 3. The molecular formula is C22H30N4O4. The van der Waals surface area contributed by atoms with Gasteiger partial charge in [-0.05, 0) is 13.8 Å². The lowest BCUT2D eigenvalue weighted by molar-refractivity contribution is -0.132. The average molecular weight is 415 g/mol. The molecule has 1 amide bonds. The summed E-state index contributed by atoms with van der Waals surface area (Å²) < 4.78 is 17.1. The number of hydrogen-bond donors (Lipinski definition) is 0. The van der Waals surface area contributed by atoms with Gasteiger partial charge in [-0.3, -0.25) is 4.79 Å². The van der Waals surface area contributed by atoms with Crippen LogP contribution in [0, 0.1) is 13.8 Å². The zero-order chi connectivity index (χ0) is 21.1. The van der Waals surface area contributed by atoms with Crippen LogP contribution in [0.3, 0.4) is 0 Å². The number of hydrogen-bond acceptors (Lipinski definition) is 7. The molecule has 0 unspecified atom stereocenters. The fourth-order valence-electron chi connectivity index (χ4n) is 4.11. The Morgan fingerprint density at radius 3 is 2.63 bits per heavy atom. The van der Waals surface area contributed by atoms with Crippen LogP contribution < -0.4 is 4.74 Å². The van der Waals surface area contributed by atoms with Crippen LogP contribution in [0.4, 0.5) is 0 Å². The van der Waals surface area contributed by atoms with Gasteiger partial charge < -0.3 is 18.9 Å². The highest BCUT2D eigenvalue weighted by molar-refractivity contribution is 5.79. The van der Waals surface area contributed by atoms with Crippen molar-refractivity contribution in [2.45, 2.75) is 65.4 Å². The lowest BCUT2D eigenvalue weighted by Gasteiger charge is -2.32. The Labute approximate surface area is 177 Å². The van der Waals surface area contributed by atoms with E-state index >= 15 is 0 Å². The summed E-state index contributed by atoms with van der Waals surface area (Å²) in [5.74, 6) is 2.36. The third-order valence-electron chi connectivity index (χ3n) is 5.98. The summed E-state index contributed by atoms with van der Waals surface area (Å²) in [5, 5.41) is 3.94. The molecule has 2 aromatic heterocycles. The van der Waals surface area contributed by atoms with Crippen LogP contribution in [-0.2, 0) is 35.2 Å². The first-order chi connectivity index (χ1) is 14.5. The third kappa shape index (κ3) is 4.48. The van der Waals surface area contributed by atoms with E-state index in [9.17, 15) is 4.79 Å². The largest absolute Gasteiger partial charge is 0.474 e. The van der Waals surface area contributed by atoms with Gasteiger partial charge in [0, 0.05) is 56.3 Å². The van der Waals surface area contributed by atoms with Crippen LogP contribution in [0.15, 0.2) is 4.52 Å². The standard InChI is InChI=1S/C22H30N4O4/c1-4-20-23-19-8-12-28-11-7-17(19)22(24-20)29-16-5-9-26(10-6-16)21(27)13-18-14(2)25-30-15(18)3/h16H,4-13H2,1-3H3. The third-order valence-corrected chi connectivity index (χ3v) is 5.98. The van der Waals surface area contributed by atoms with E-state index in [1.807, 2.05) is 18.7 Å². The fourth-order valence-corrected chi connectivity index (χ4v) is 4.11. The maximum atomic E-state index is 12.7. The maximum absolute atomic E-state index is 12.7. The van der Waals surface area contributed by atoms with Crippen molar-refractivity contribution < 1.29 is 18.8 Å². The van der Waals surface area contributed by atoms with Gasteiger partial charge in [0.25, 0.3) is 0 Å². The van der Waals surface area contributed by atoms with Gasteiger partial charge in [0.1, 0.15) is 17.7 Å². The molecule has 0 N–H and O–H groups in total. The molecular weight excluding hydrogens is 384 g/mol. The minimum atomic E-state index is 0.0565.